The van der Waals surface area contributed by atoms with Gasteiger partial charge in [0.25, 0.3) is 5.91 Å². The summed E-state index contributed by atoms with van der Waals surface area (Å²) in [5.74, 6) is 0.991. The van der Waals surface area contributed by atoms with E-state index in [9.17, 15) is 4.79 Å². The number of piperidine rings is 1. The van der Waals surface area contributed by atoms with Gasteiger partial charge in [0.05, 0.1) is 12.2 Å². The Bertz CT molecular complexity index is 653. The number of hydrogen-bond acceptors (Lipinski definition) is 6. The van der Waals surface area contributed by atoms with Crippen LogP contribution in [0.25, 0.3) is 0 Å². The molecule has 0 N–H and O–H groups in total. The molecule has 0 aliphatic carbocycles. The Morgan fingerprint density at radius 1 is 1.36 bits per heavy atom. The lowest BCUT2D eigenvalue weighted by molar-refractivity contribution is 0.0516. The van der Waals surface area contributed by atoms with Gasteiger partial charge in [-0.15, -0.1) is 5.10 Å². The molecule has 1 atom stereocenters. The molecule has 0 spiro atoms. The van der Waals surface area contributed by atoms with Crippen molar-refractivity contribution in [2.45, 2.75) is 32.8 Å². The highest BCUT2D eigenvalue weighted by molar-refractivity contribution is 5.92. The Labute approximate surface area is 128 Å². The average molecular weight is 302 g/mol. The highest BCUT2D eigenvalue weighted by Gasteiger charge is 2.27. The van der Waals surface area contributed by atoms with Gasteiger partial charge in [-0.2, -0.15) is 5.10 Å². The van der Waals surface area contributed by atoms with Gasteiger partial charge in [0.2, 0.25) is 5.88 Å². The fourth-order valence-corrected chi connectivity index (χ4v) is 2.47. The molecule has 1 aliphatic rings. The van der Waals surface area contributed by atoms with Crippen LogP contribution in [-0.2, 0) is 0 Å². The summed E-state index contributed by atoms with van der Waals surface area (Å²) < 4.78 is 10.8. The Hall–Kier alpha value is -2.44. The van der Waals surface area contributed by atoms with Crippen molar-refractivity contribution in [3.05, 3.63) is 35.3 Å². The summed E-state index contributed by atoms with van der Waals surface area (Å²) in [5.41, 5.74) is 1.18. The van der Waals surface area contributed by atoms with Gasteiger partial charge in [0.1, 0.15) is 11.9 Å². The number of nitrogens with zero attached hydrogens (tertiary/aromatic N) is 4. The molecule has 0 radical (unpaired) electrons. The number of carbonyl (C=O) groups is 1. The zero-order chi connectivity index (χ0) is 15.5. The average Bonchev–Trinajstić information content (AvgIpc) is 2.96. The zero-order valence-electron chi connectivity index (χ0n) is 12.7. The van der Waals surface area contributed by atoms with Gasteiger partial charge in [-0.3, -0.25) is 4.79 Å². The second kappa shape index (κ2) is 6.13. The van der Waals surface area contributed by atoms with Gasteiger partial charge < -0.3 is 14.2 Å². The second-order valence-electron chi connectivity index (χ2n) is 5.47. The number of likely N-dealkylation sites (tertiary alicyclic amines) is 1. The van der Waals surface area contributed by atoms with Crippen LogP contribution in [0.2, 0.25) is 0 Å². The van der Waals surface area contributed by atoms with E-state index >= 15 is 0 Å². The van der Waals surface area contributed by atoms with Crippen molar-refractivity contribution in [1.29, 1.82) is 0 Å². The molecule has 3 heterocycles. The van der Waals surface area contributed by atoms with E-state index < -0.39 is 0 Å². The first kappa shape index (κ1) is 14.5. The van der Waals surface area contributed by atoms with Gasteiger partial charge in [-0.1, -0.05) is 5.16 Å². The maximum absolute atomic E-state index is 12.4. The summed E-state index contributed by atoms with van der Waals surface area (Å²) >= 11 is 0. The van der Waals surface area contributed by atoms with Gasteiger partial charge >= 0.3 is 0 Å². The van der Waals surface area contributed by atoms with Gasteiger partial charge in [0.15, 0.2) is 5.69 Å². The van der Waals surface area contributed by atoms with E-state index in [-0.39, 0.29) is 12.0 Å². The maximum Gasteiger partial charge on any atom is 0.276 e. The molecule has 116 valence electrons. The standard InChI is InChI=1S/C15H18N4O3/c1-10-5-6-14(17-16-10)21-12-4-3-7-19(9-12)15(20)13-8-11(2)22-18-13/h5-6,8,12H,3-4,7,9H2,1-2H3/t12-/m1/s1. The Balaban J connectivity index is 1.63. The normalized spacial score (nSPS) is 18.3. The van der Waals surface area contributed by atoms with Crippen LogP contribution in [0.3, 0.4) is 0 Å². The predicted octanol–water partition coefficient (Wildman–Crippen LogP) is 1.77. The third kappa shape index (κ3) is 3.24. The first-order chi connectivity index (χ1) is 10.6. The molecular weight excluding hydrogens is 284 g/mol. The first-order valence-electron chi connectivity index (χ1n) is 7.31. The second-order valence-corrected chi connectivity index (χ2v) is 5.47. The van der Waals surface area contributed by atoms with E-state index in [1.54, 1.807) is 24.0 Å². The van der Waals surface area contributed by atoms with E-state index in [1.165, 1.54) is 0 Å². The SMILES string of the molecule is Cc1ccc(O[C@@H]2CCCN(C(=O)c3cc(C)on3)C2)nn1. The van der Waals surface area contributed by atoms with E-state index in [0.717, 1.165) is 18.5 Å². The summed E-state index contributed by atoms with van der Waals surface area (Å²) in [6.07, 6.45) is 1.69. The monoisotopic (exact) mass is 302 g/mol. The fraction of sp³-hybridized carbons (Fsp3) is 0.467. The molecule has 2 aromatic heterocycles. The Morgan fingerprint density at radius 3 is 2.91 bits per heavy atom. The minimum absolute atomic E-state index is 0.0808. The number of aromatic nitrogens is 3. The van der Waals surface area contributed by atoms with Crippen LogP contribution in [0.5, 0.6) is 5.88 Å². The molecule has 22 heavy (non-hydrogen) atoms. The van der Waals surface area contributed by atoms with Crippen LogP contribution in [0.4, 0.5) is 0 Å². The van der Waals surface area contributed by atoms with Crippen molar-refractivity contribution in [2.75, 3.05) is 13.1 Å². The quantitative estimate of drug-likeness (QED) is 0.859. The summed E-state index contributed by atoms with van der Waals surface area (Å²) in [7, 11) is 0. The van der Waals surface area contributed by atoms with Gasteiger partial charge in [-0.25, -0.2) is 0 Å². The van der Waals surface area contributed by atoms with Crippen molar-refractivity contribution >= 4 is 5.91 Å². The minimum Gasteiger partial charge on any atom is -0.471 e. The van der Waals surface area contributed by atoms with Crippen LogP contribution in [0.1, 0.15) is 34.8 Å². The van der Waals surface area contributed by atoms with Crippen molar-refractivity contribution in [2.24, 2.45) is 0 Å². The summed E-state index contributed by atoms with van der Waals surface area (Å²) in [4.78, 5) is 14.1. The van der Waals surface area contributed by atoms with E-state index in [2.05, 4.69) is 15.4 Å². The molecule has 2 aromatic rings. The van der Waals surface area contributed by atoms with E-state index in [1.807, 2.05) is 13.0 Å². The van der Waals surface area contributed by atoms with Gasteiger partial charge in [0, 0.05) is 18.7 Å². The number of amides is 1. The third-order valence-electron chi connectivity index (χ3n) is 3.57. The van der Waals surface area contributed by atoms with Crippen LogP contribution in [0.15, 0.2) is 22.7 Å². The zero-order valence-corrected chi connectivity index (χ0v) is 12.7. The van der Waals surface area contributed by atoms with Crippen molar-refractivity contribution in [3.63, 3.8) is 0 Å². The molecule has 0 aromatic carbocycles. The van der Waals surface area contributed by atoms with Gasteiger partial charge in [-0.05, 0) is 32.8 Å². The highest BCUT2D eigenvalue weighted by atomic mass is 16.5. The molecular formula is C15H18N4O3. The lowest BCUT2D eigenvalue weighted by Gasteiger charge is -2.32. The lowest BCUT2D eigenvalue weighted by atomic mass is 10.1. The van der Waals surface area contributed by atoms with Crippen LogP contribution in [-0.4, -0.2) is 45.4 Å². The third-order valence-corrected chi connectivity index (χ3v) is 3.57. The number of ether oxygens (including phenoxy) is 1. The minimum atomic E-state index is -0.125. The molecule has 3 rings (SSSR count). The smallest absolute Gasteiger partial charge is 0.276 e. The molecule has 0 saturated carbocycles. The molecule has 7 nitrogen and oxygen atoms in total. The fourth-order valence-electron chi connectivity index (χ4n) is 2.47. The Morgan fingerprint density at radius 2 is 2.23 bits per heavy atom. The molecule has 0 bridgehead atoms. The number of hydrogen-bond donors (Lipinski definition) is 0. The van der Waals surface area contributed by atoms with Crippen molar-refractivity contribution in [3.8, 4) is 5.88 Å². The molecule has 1 fully saturated rings. The Kier molecular flexibility index (Phi) is 4.04. The van der Waals surface area contributed by atoms with Crippen molar-refractivity contribution in [1.82, 2.24) is 20.3 Å². The topological polar surface area (TPSA) is 81.4 Å². The van der Waals surface area contributed by atoms with Crippen LogP contribution >= 0.6 is 0 Å². The lowest BCUT2D eigenvalue weighted by Crippen LogP contribution is -2.44. The number of aryl methyl sites for hydroxylation is 2. The van der Waals surface area contributed by atoms with Crippen molar-refractivity contribution < 1.29 is 14.1 Å². The van der Waals surface area contributed by atoms with E-state index in [0.29, 0.717) is 30.4 Å². The summed E-state index contributed by atoms with van der Waals surface area (Å²) in [6, 6.07) is 5.30. The molecule has 0 unspecified atom stereocenters. The van der Waals surface area contributed by atoms with Crippen LogP contribution < -0.4 is 4.74 Å². The molecule has 1 amide bonds. The summed E-state index contributed by atoms with van der Waals surface area (Å²) in [5, 5.41) is 11.8. The molecule has 1 saturated heterocycles. The largest absolute Gasteiger partial charge is 0.471 e. The van der Waals surface area contributed by atoms with Crippen LogP contribution in [0, 0.1) is 13.8 Å². The predicted molar refractivity (Wildman–Crippen MR) is 77.6 cm³/mol. The molecule has 1 aliphatic heterocycles. The summed E-state index contributed by atoms with van der Waals surface area (Å²) in [6.45, 7) is 4.85. The highest BCUT2D eigenvalue weighted by Crippen LogP contribution is 2.18. The maximum atomic E-state index is 12.4. The molecule has 7 heteroatoms. The number of carbonyl (C=O) groups excluding carboxylic acids is 1. The number of rotatable bonds is 3. The first-order valence-corrected chi connectivity index (χ1v) is 7.31. The van der Waals surface area contributed by atoms with E-state index in [4.69, 9.17) is 9.26 Å².